The van der Waals surface area contributed by atoms with Crippen LogP contribution < -0.4 is 5.32 Å². The summed E-state index contributed by atoms with van der Waals surface area (Å²) in [6, 6.07) is 6.67. The number of rotatable bonds is 2. The maximum atomic E-state index is 4.41. The molecule has 1 heterocycles. The Morgan fingerprint density at radius 3 is 2.67 bits per heavy atom. The van der Waals surface area contributed by atoms with Crippen LogP contribution in [0, 0.1) is 19.8 Å². The van der Waals surface area contributed by atoms with Crippen molar-refractivity contribution in [1.29, 1.82) is 0 Å². The van der Waals surface area contributed by atoms with Gasteiger partial charge in [0.25, 0.3) is 0 Å². The van der Waals surface area contributed by atoms with E-state index in [1.54, 1.807) is 5.56 Å². The number of benzene rings is 1. The zero-order valence-corrected chi connectivity index (χ0v) is 9.79. The molecule has 0 saturated carbocycles. The van der Waals surface area contributed by atoms with E-state index in [0.717, 1.165) is 19.0 Å². The van der Waals surface area contributed by atoms with Gasteiger partial charge in [0, 0.05) is 13.1 Å². The molecule has 0 bridgehead atoms. The van der Waals surface area contributed by atoms with E-state index in [1.165, 1.54) is 30.4 Å². The highest BCUT2D eigenvalue weighted by Gasteiger charge is 2.15. The molecule has 81 valence electrons. The highest BCUT2D eigenvalue weighted by Crippen LogP contribution is 2.22. The lowest BCUT2D eigenvalue weighted by molar-refractivity contribution is 0.367. The molecule has 1 fully saturated rings. The summed E-state index contributed by atoms with van der Waals surface area (Å²) in [5, 5.41) is 4.41. The van der Waals surface area contributed by atoms with Gasteiger partial charge in [-0.15, -0.1) is 0 Å². The highest BCUT2D eigenvalue weighted by molar-refractivity contribution is 5.33. The normalized spacial score (nSPS) is 18.0. The van der Waals surface area contributed by atoms with Gasteiger partial charge in [0.2, 0.25) is 0 Å². The fourth-order valence-electron chi connectivity index (χ4n) is 2.35. The van der Waals surface area contributed by atoms with Crippen molar-refractivity contribution in [3.63, 3.8) is 0 Å². The summed E-state index contributed by atoms with van der Waals surface area (Å²) in [5.41, 5.74) is 4.45. The first-order valence-electron chi connectivity index (χ1n) is 5.95. The summed E-state index contributed by atoms with van der Waals surface area (Å²) >= 11 is 0. The maximum absolute atomic E-state index is 4.41. The molecule has 0 amide bonds. The van der Waals surface area contributed by atoms with Crippen LogP contribution in [0.2, 0.25) is 0 Å². The Labute approximate surface area is 92.9 Å². The highest BCUT2D eigenvalue weighted by atomic mass is 14.9. The minimum absolute atomic E-state index is 0.864. The van der Waals surface area contributed by atoms with Crippen molar-refractivity contribution in [2.45, 2.75) is 33.1 Å². The Balaban J connectivity index is 2.06. The second kappa shape index (κ2) is 4.80. The van der Waals surface area contributed by atoms with E-state index in [-0.39, 0.29) is 0 Å². The van der Waals surface area contributed by atoms with Crippen molar-refractivity contribution in [1.82, 2.24) is 5.32 Å². The first kappa shape index (κ1) is 10.7. The molecule has 15 heavy (non-hydrogen) atoms. The minimum Gasteiger partial charge on any atom is -0.242 e. The number of hydrogen-bond acceptors (Lipinski definition) is 0. The van der Waals surface area contributed by atoms with Gasteiger partial charge in [-0.25, -0.2) is 5.32 Å². The van der Waals surface area contributed by atoms with Gasteiger partial charge in [-0.3, -0.25) is 0 Å². The molecule has 0 aliphatic carbocycles. The average molecular weight is 202 g/mol. The Morgan fingerprint density at radius 2 is 1.93 bits per heavy atom. The van der Waals surface area contributed by atoms with E-state index in [9.17, 15) is 0 Å². The van der Waals surface area contributed by atoms with Crippen LogP contribution >= 0.6 is 0 Å². The molecule has 1 aromatic carbocycles. The van der Waals surface area contributed by atoms with Crippen molar-refractivity contribution in [3.05, 3.63) is 34.9 Å². The number of hydrogen-bond donors (Lipinski definition) is 0. The molecule has 1 heteroatoms. The van der Waals surface area contributed by atoms with Crippen LogP contribution in [0.15, 0.2) is 18.2 Å². The second-order valence-electron chi connectivity index (χ2n) is 4.68. The molecule has 1 aliphatic rings. The Kier molecular flexibility index (Phi) is 3.42. The average Bonchev–Trinajstić information content (AvgIpc) is 2.26. The number of aryl methyl sites for hydroxylation is 1. The van der Waals surface area contributed by atoms with Crippen molar-refractivity contribution in [2.24, 2.45) is 5.92 Å². The number of nitrogens with zero attached hydrogens (tertiary/aromatic N) is 1. The predicted molar refractivity (Wildman–Crippen MR) is 64.2 cm³/mol. The first-order chi connectivity index (χ1) is 7.27. The molecule has 1 aliphatic heterocycles. The molecular formula is C14H20N. The summed E-state index contributed by atoms with van der Waals surface area (Å²) in [4.78, 5) is 0. The molecule has 1 saturated heterocycles. The lowest BCUT2D eigenvalue weighted by atomic mass is 9.88. The van der Waals surface area contributed by atoms with Gasteiger partial charge in [-0.1, -0.05) is 18.2 Å². The van der Waals surface area contributed by atoms with Crippen LogP contribution in [-0.2, 0) is 6.42 Å². The van der Waals surface area contributed by atoms with Gasteiger partial charge in [-0.05, 0) is 55.7 Å². The van der Waals surface area contributed by atoms with E-state index in [1.807, 2.05) is 0 Å². The Morgan fingerprint density at radius 1 is 1.20 bits per heavy atom. The topological polar surface area (TPSA) is 14.1 Å². The maximum Gasteiger partial charge on any atom is 0.0136 e. The van der Waals surface area contributed by atoms with Gasteiger partial charge in [-0.2, -0.15) is 0 Å². The van der Waals surface area contributed by atoms with Crippen molar-refractivity contribution in [2.75, 3.05) is 13.1 Å². The van der Waals surface area contributed by atoms with Crippen LogP contribution in [0.4, 0.5) is 0 Å². The molecule has 1 radical (unpaired) electrons. The van der Waals surface area contributed by atoms with Gasteiger partial charge in [0.05, 0.1) is 0 Å². The number of piperidine rings is 1. The molecule has 0 atom stereocenters. The Hall–Kier alpha value is -0.820. The van der Waals surface area contributed by atoms with Crippen LogP contribution in [-0.4, -0.2) is 13.1 Å². The summed E-state index contributed by atoms with van der Waals surface area (Å²) in [7, 11) is 0. The zero-order chi connectivity index (χ0) is 10.7. The monoisotopic (exact) mass is 202 g/mol. The lowest BCUT2D eigenvalue weighted by Gasteiger charge is -2.22. The van der Waals surface area contributed by atoms with Crippen molar-refractivity contribution in [3.8, 4) is 0 Å². The van der Waals surface area contributed by atoms with E-state index >= 15 is 0 Å². The van der Waals surface area contributed by atoms with Crippen LogP contribution in [0.1, 0.15) is 29.5 Å². The molecule has 1 aromatic rings. The van der Waals surface area contributed by atoms with Crippen LogP contribution in [0.25, 0.3) is 0 Å². The molecule has 0 N–H and O–H groups in total. The molecule has 0 aromatic heterocycles. The van der Waals surface area contributed by atoms with Gasteiger partial charge >= 0.3 is 0 Å². The molecule has 0 unspecified atom stereocenters. The third-order valence-electron chi connectivity index (χ3n) is 3.62. The summed E-state index contributed by atoms with van der Waals surface area (Å²) in [6.07, 6.45) is 3.82. The van der Waals surface area contributed by atoms with Gasteiger partial charge < -0.3 is 0 Å². The zero-order valence-electron chi connectivity index (χ0n) is 9.79. The van der Waals surface area contributed by atoms with Crippen molar-refractivity contribution < 1.29 is 0 Å². The fourth-order valence-corrected chi connectivity index (χ4v) is 2.35. The standard InChI is InChI=1S/C14H20N/c1-11-4-3-5-14(12(11)2)10-13-6-8-15-9-7-13/h3-5,13H,6-10H2,1-2H3. The second-order valence-corrected chi connectivity index (χ2v) is 4.68. The van der Waals surface area contributed by atoms with Gasteiger partial charge in [0.15, 0.2) is 0 Å². The van der Waals surface area contributed by atoms with E-state index in [0.29, 0.717) is 0 Å². The Bertz CT molecular complexity index is 324. The van der Waals surface area contributed by atoms with E-state index in [4.69, 9.17) is 0 Å². The third kappa shape index (κ3) is 2.60. The molecule has 2 rings (SSSR count). The summed E-state index contributed by atoms with van der Waals surface area (Å²) in [6.45, 7) is 6.61. The van der Waals surface area contributed by atoms with Crippen LogP contribution in [0.5, 0.6) is 0 Å². The fraction of sp³-hybridized carbons (Fsp3) is 0.571. The summed E-state index contributed by atoms with van der Waals surface area (Å²) < 4.78 is 0. The van der Waals surface area contributed by atoms with E-state index in [2.05, 4.69) is 37.4 Å². The largest absolute Gasteiger partial charge is 0.242 e. The minimum atomic E-state index is 0.864. The van der Waals surface area contributed by atoms with Crippen molar-refractivity contribution >= 4 is 0 Å². The van der Waals surface area contributed by atoms with Crippen LogP contribution in [0.3, 0.4) is 0 Å². The molecular weight excluding hydrogens is 182 g/mol. The summed E-state index contributed by atoms with van der Waals surface area (Å²) in [5.74, 6) is 0.864. The van der Waals surface area contributed by atoms with Gasteiger partial charge in [0.1, 0.15) is 0 Å². The molecule has 1 nitrogen and oxygen atoms in total. The lowest BCUT2D eigenvalue weighted by Crippen LogP contribution is -2.23. The predicted octanol–water partition coefficient (Wildman–Crippen LogP) is 2.86. The third-order valence-corrected chi connectivity index (χ3v) is 3.62. The first-order valence-corrected chi connectivity index (χ1v) is 5.95. The SMILES string of the molecule is Cc1cccc(CC2CC[N]CC2)c1C. The molecule has 0 spiro atoms. The smallest absolute Gasteiger partial charge is 0.0136 e. The quantitative estimate of drug-likeness (QED) is 0.700. The van der Waals surface area contributed by atoms with E-state index < -0.39 is 0 Å².